The second-order valence-electron chi connectivity index (χ2n) is 4.14. The number of hydrogen-bond donors (Lipinski definition) is 2. The molecule has 1 aromatic rings. The minimum Gasteiger partial charge on any atom is -0.376 e. The summed E-state index contributed by atoms with van der Waals surface area (Å²) in [5.74, 6) is 0.836. The van der Waals surface area contributed by atoms with Crippen LogP contribution >= 0.6 is 11.3 Å². The number of aromatic nitrogens is 1. The molecule has 0 aromatic carbocycles. The highest BCUT2D eigenvalue weighted by atomic mass is 32.1. The van der Waals surface area contributed by atoms with Crippen molar-refractivity contribution < 1.29 is 4.74 Å². The van der Waals surface area contributed by atoms with Gasteiger partial charge in [0.05, 0.1) is 12.6 Å². The number of nitrogens with zero attached hydrogens (tertiary/aromatic N) is 2. The van der Waals surface area contributed by atoms with Crippen molar-refractivity contribution in [2.75, 3.05) is 19.7 Å². The van der Waals surface area contributed by atoms with Crippen LogP contribution in [0.2, 0.25) is 0 Å². The minimum absolute atomic E-state index is 0.328. The van der Waals surface area contributed by atoms with Crippen molar-refractivity contribution in [1.29, 1.82) is 0 Å². The van der Waals surface area contributed by atoms with Crippen LogP contribution in [-0.4, -0.2) is 36.7 Å². The summed E-state index contributed by atoms with van der Waals surface area (Å²) in [6, 6.07) is 0. The SMILES string of the molecule is CCNC(=NCc1nccs1)NC[C@@H]1CCCO1. The summed E-state index contributed by atoms with van der Waals surface area (Å²) in [7, 11) is 0. The van der Waals surface area contributed by atoms with Gasteiger partial charge < -0.3 is 15.4 Å². The standard InChI is InChI=1S/C12H20N4OS/c1-2-13-12(15-8-10-4-3-6-17-10)16-9-11-14-5-7-18-11/h5,7,10H,2-4,6,8-9H2,1H3,(H2,13,15,16)/t10-/m0/s1. The number of guanidine groups is 1. The molecule has 0 amide bonds. The van der Waals surface area contributed by atoms with E-state index in [1.54, 1.807) is 11.3 Å². The maximum absolute atomic E-state index is 5.58. The molecule has 1 aliphatic rings. The van der Waals surface area contributed by atoms with Gasteiger partial charge in [0.15, 0.2) is 5.96 Å². The Labute approximate surface area is 112 Å². The fraction of sp³-hybridized carbons (Fsp3) is 0.667. The average molecular weight is 268 g/mol. The van der Waals surface area contributed by atoms with Crippen molar-refractivity contribution in [2.24, 2.45) is 4.99 Å². The van der Waals surface area contributed by atoms with Gasteiger partial charge in [-0.3, -0.25) is 0 Å². The molecule has 2 heterocycles. The van der Waals surface area contributed by atoms with Crippen molar-refractivity contribution in [2.45, 2.75) is 32.4 Å². The van der Waals surface area contributed by atoms with Gasteiger partial charge in [0.1, 0.15) is 5.01 Å². The lowest BCUT2D eigenvalue weighted by atomic mass is 10.2. The first kappa shape index (κ1) is 13.3. The molecule has 0 spiro atoms. The Morgan fingerprint density at radius 2 is 2.56 bits per heavy atom. The van der Waals surface area contributed by atoms with Crippen LogP contribution in [0.15, 0.2) is 16.6 Å². The number of hydrogen-bond acceptors (Lipinski definition) is 4. The molecule has 1 saturated heterocycles. The number of rotatable bonds is 5. The van der Waals surface area contributed by atoms with Crippen molar-refractivity contribution in [3.8, 4) is 0 Å². The molecule has 2 N–H and O–H groups in total. The molecule has 0 aliphatic carbocycles. The van der Waals surface area contributed by atoms with Crippen LogP contribution in [0.4, 0.5) is 0 Å². The van der Waals surface area contributed by atoms with Gasteiger partial charge >= 0.3 is 0 Å². The van der Waals surface area contributed by atoms with Crippen molar-refractivity contribution in [3.05, 3.63) is 16.6 Å². The van der Waals surface area contributed by atoms with E-state index in [-0.39, 0.29) is 0 Å². The Hall–Kier alpha value is -1.14. The summed E-state index contributed by atoms with van der Waals surface area (Å²) in [6.45, 7) is 5.25. The third-order valence-corrected chi connectivity index (χ3v) is 3.49. The molecule has 0 unspecified atom stereocenters. The van der Waals surface area contributed by atoms with Gasteiger partial charge in [-0.05, 0) is 19.8 Å². The van der Waals surface area contributed by atoms with Crippen molar-refractivity contribution in [1.82, 2.24) is 15.6 Å². The van der Waals surface area contributed by atoms with Crippen LogP contribution in [-0.2, 0) is 11.3 Å². The Morgan fingerprint density at radius 3 is 3.22 bits per heavy atom. The quantitative estimate of drug-likeness (QED) is 0.625. The lowest BCUT2D eigenvalue weighted by Crippen LogP contribution is -2.41. The van der Waals surface area contributed by atoms with E-state index in [1.807, 2.05) is 11.6 Å². The maximum Gasteiger partial charge on any atom is 0.191 e. The van der Waals surface area contributed by atoms with Crippen LogP contribution in [0.3, 0.4) is 0 Å². The molecule has 2 rings (SSSR count). The van der Waals surface area contributed by atoms with Gasteiger partial charge in [-0.2, -0.15) is 0 Å². The molecule has 18 heavy (non-hydrogen) atoms. The average Bonchev–Trinajstić information content (AvgIpc) is 3.05. The summed E-state index contributed by atoms with van der Waals surface area (Å²) in [4.78, 5) is 8.72. The molecule has 1 aliphatic heterocycles. The van der Waals surface area contributed by atoms with Gasteiger partial charge in [0, 0.05) is 31.3 Å². The first-order valence-corrected chi connectivity index (χ1v) is 7.28. The van der Waals surface area contributed by atoms with E-state index in [4.69, 9.17) is 4.74 Å². The van der Waals surface area contributed by atoms with E-state index in [0.717, 1.165) is 37.1 Å². The molecule has 5 nitrogen and oxygen atoms in total. The predicted molar refractivity (Wildman–Crippen MR) is 73.9 cm³/mol. The minimum atomic E-state index is 0.328. The fourth-order valence-corrected chi connectivity index (χ4v) is 2.37. The van der Waals surface area contributed by atoms with E-state index >= 15 is 0 Å². The molecular formula is C12H20N4OS. The first-order chi connectivity index (χ1) is 8.88. The Morgan fingerprint density at radius 1 is 1.61 bits per heavy atom. The molecule has 0 bridgehead atoms. The second-order valence-corrected chi connectivity index (χ2v) is 5.12. The molecule has 0 radical (unpaired) electrons. The lowest BCUT2D eigenvalue weighted by molar-refractivity contribution is 0.114. The zero-order chi connectivity index (χ0) is 12.6. The molecule has 1 atom stereocenters. The van der Waals surface area contributed by atoms with Crippen LogP contribution < -0.4 is 10.6 Å². The number of aliphatic imine (C=N–C) groups is 1. The summed E-state index contributed by atoms with van der Waals surface area (Å²) in [6.07, 6.45) is 4.44. The van der Waals surface area contributed by atoms with Crippen molar-refractivity contribution >= 4 is 17.3 Å². The van der Waals surface area contributed by atoms with Crippen LogP contribution in [0.25, 0.3) is 0 Å². The van der Waals surface area contributed by atoms with Gasteiger partial charge in [-0.15, -0.1) is 11.3 Å². The van der Waals surface area contributed by atoms with Crippen LogP contribution in [0, 0.1) is 0 Å². The van der Waals surface area contributed by atoms with E-state index in [2.05, 4.69) is 27.5 Å². The number of nitrogens with one attached hydrogen (secondary N) is 2. The topological polar surface area (TPSA) is 58.5 Å². The van der Waals surface area contributed by atoms with Gasteiger partial charge in [-0.1, -0.05) is 0 Å². The third-order valence-electron chi connectivity index (χ3n) is 2.72. The van der Waals surface area contributed by atoms with E-state index < -0.39 is 0 Å². The Kier molecular flexibility index (Phi) is 5.41. The fourth-order valence-electron chi connectivity index (χ4n) is 1.84. The van der Waals surface area contributed by atoms with E-state index in [0.29, 0.717) is 12.6 Å². The molecule has 0 saturated carbocycles. The summed E-state index contributed by atoms with van der Waals surface area (Å²) < 4.78 is 5.58. The normalized spacial score (nSPS) is 20.1. The predicted octanol–water partition coefficient (Wildman–Crippen LogP) is 1.38. The number of ether oxygens (including phenoxy) is 1. The van der Waals surface area contributed by atoms with Gasteiger partial charge in [0.25, 0.3) is 0 Å². The lowest BCUT2D eigenvalue weighted by Gasteiger charge is -2.14. The second kappa shape index (κ2) is 7.33. The van der Waals surface area contributed by atoms with Gasteiger partial charge in [0.2, 0.25) is 0 Å². The zero-order valence-electron chi connectivity index (χ0n) is 10.7. The highest BCUT2D eigenvalue weighted by Crippen LogP contribution is 2.10. The molecule has 1 aromatic heterocycles. The molecule has 1 fully saturated rings. The maximum atomic E-state index is 5.58. The molecule has 100 valence electrons. The summed E-state index contributed by atoms with van der Waals surface area (Å²) in [5, 5.41) is 9.55. The largest absolute Gasteiger partial charge is 0.376 e. The summed E-state index contributed by atoms with van der Waals surface area (Å²) in [5.41, 5.74) is 0. The summed E-state index contributed by atoms with van der Waals surface area (Å²) >= 11 is 1.63. The number of thiazole rings is 1. The van der Waals surface area contributed by atoms with Crippen molar-refractivity contribution in [3.63, 3.8) is 0 Å². The highest BCUT2D eigenvalue weighted by molar-refractivity contribution is 7.09. The Bertz CT molecular complexity index is 360. The zero-order valence-corrected chi connectivity index (χ0v) is 11.5. The van der Waals surface area contributed by atoms with E-state index in [9.17, 15) is 0 Å². The smallest absolute Gasteiger partial charge is 0.191 e. The molecule has 6 heteroatoms. The monoisotopic (exact) mass is 268 g/mol. The van der Waals surface area contributed by atoms with Crippen LogP contribution in [0.5, 0.6) is 0 Å². The third kappa shape index (κ3) is 4.27. The highest BCUT2D eigenvalue weighted by Gasteiger charge is 2.15. The molecular weight excluding hydrogens is 248 g/mol. The Balaban J connectivity index is 1.80. The van der Waals surface area contributed by atoms with Crippen LogP contribution in [0.1, 0.15) is 24.8 Å². The van der Waals surface area contributed by atoms with Gasteiger partial charge in [-0.25, -0.2) is 9.98 Å². The first-order valence-electron chi connectivity index (χ1n) is 6.40. The van der Waals surface area contributed by atoms with E-state index in [1.165, 1.54) is 6.42 Å².